The smallest absolute Gasteiger partial charge is 0.274 e. The molecule has 10 nitrogen and oxygen atoms in total. The molecule has 1 aliphatic heterocycles. The molecule has 3 aromatic rings. The maximum Gasteiger partial charge on any atom is 0.274 e. The number of nitrogens with zero attached hydrogens (tertiary/aromatic N) is 5. The maximum absolute atomic E-state index is 12.5. The first-order chi connectivity index (χ1) is 14.4. The van der Waals surface area contributed by atoms with Gasteiger partial charge in [0.1, 0.15) is 23.2 Å². The van der Waals surface area contributed by atoms with Crippen LogP contribution in [0.5, 0.6) is 5.75 Å². The fourth-order valence-electron chi connectivity index (χ4n) is 3.21. The predicted molar refractivity (Wildman–Crippen MR) is 106 cm³/mol. The van der Waals surface area contributed by atoms with Gasteiger partial charge in [0.15, 0.2) is 11.4 Å². The highest BCUT2D eigenvalue weighted by Gasteiger charge is 2.41. The van der Waals surface area contributed by atoms with Gasteiger partial charge in [-0.2, -0.15) is 5.26 Å². The Morgan fingerprint density at radius 1 is 1.23 bits per heavy atom. The van der Waals surface area contributed by atoms with Crippen LogP contribution in [-0.2, 0) is 6.54 Å². The second-order valence-corrected chi connectivity index (χ2v) is 7.14. The van der Waals surface area contributed by atoms with Crippen LogP contribution in [-0.4, -0.2) is 61.5 Å². The highest BCUT2D eigenvalue weighted by molar-refractivity contribution is 6.00. The molecule has 0 radical (unpaired) electrons. The molecule has 0 saturated carbocycles. The lowest BCUT2D eigenvalue weighted by atomic mass is 9.95. The molecule has 0 spiro atoms. The van der Waals surface area contributed by atoms with E-state index in [1.54, 1.807) is 29.2 Å². The summed E-state index contributed by atoms with van der Waals surface area (Å²) in [5.74, 6) is -0.261. The molecule has 4 N–H and O–H groups in total. The van der Waals surface area contributed by atoms with Crippen molar-refractivity contribution in [2.45, 2.75) is 12.1 Å². The zero-order chi connectivity index (χ0) is 21.3. The topological polar surface area (TPSA) is 155 Å². The van der Waals surface area contributed by atoms with Gasteiger partial charge in [0.2, 0.25) is 0 Å². The van der Waals surface area contributed by atoms with Gasteiger partial charge in [-0.15, -0.1) is 0 Å². The van der Waals surface area contributed by atoms with E-state index in [0.29, 0.717) is 22.3 Å². The first kappa shape index (κ1) is 19.5. The van der Waals surface area contributed by atoms with E-state index >= 15 is 0 Å². The largest absolute Gasteiger partial charge is 0.505 e. The minimum Gasteiger partial charge on any atom is -0.505 e. The molecule has 0 bridgehead atoms. The predicted octanol–water partition coefficient (Wildman–Crippen LogP) is 0.0755. The number of β-amino-alcohol motifs (C(OH)–C–C–N with tert-alkyl or cyclic N) is 1. The number of amides is 1. The molecule has 1 fully saturated rings. The first-order valence-electron chi connectivity index (χ1n) is 9.12. The van der Waals surface area contributed by atoms with Crippen LogP contribution in [0.15, 0.2) is 36.7 Å². The molecule has 10 heteroatoms. The number of aromatic hydroxyl groups is 1. The van der Waals surface area contributed by atoms with Crippen molar-refractivity contribution in [2.24, 2.45) is 0 Å². The number of fused-ring (bicyclic) bond motifs is 1. The Hall–Kier alpha value is -3.81. The van der Waals surface area contributed by atoms with Crippen LogP contribution in [0.25, 0.3) is 10.9 Å². The Bertz CT molecular complexity index is 1150. The summed E-state index contributed by atoms with van der Waals surface area (Å²) >= 11 is 0. The van der Waals surface area contributed by atoms with Crippen LogP contribution in [0.2, 0.25) is 0 Å². The number of aromatic nitrogens is 3. The molecule has 1 amide bonds. The average Bonchev–Trinajstić information content (AvgIpc) is 2.75. The standard InChI is InChI=1S/C20H18N6O4/c21-5-13-2-1-12(6-22-13)7-24-19(29)17-18(28)14-3-4-16(25-15(14)8-23-17)26-9-20(30,10-26)11-27/h1-4,6,8,27-28,30H,7,9-11H2,(H,24,29). The van der Waals surface area contributed by atoms with Gasteiger partial charge in [-0.05, 0) is 23.8 Å². The van der Waals surface area contributed by atoms with E-state index in [4.69, 9.17) is 10.4 Å². The summed E-state index contributed by atoms with van der Waals surface area (Å²) in [6.07, 6.45) is 2.89. The van der Waals surface area contributed by atoms with Gasteiger partial charge in [0.25, 0.3) is 5.91 Å². The second kappa shape index (κ2) is 7.55. The van der Waals surface area contributed by atoms with Crippen LogP contribution in [0.1, 0.15) is 21.7 Å². The number of aliphatic hydroxyl groups excluding tert-OH is 1. The average molecular weight is 406 g/mol. The number of carbonyl (C=O) groups excluding carboxylic acids is 1. The number of hydrogen-bond acceptors (Lipinski definition) is 9. The van der Waals surface area contributed by atoms with E-state index in [9.17, 15) is 15.0 Å². The van der Waals surface area contributed by atoms with Crippen molar-refractivity contribution in [3.63, 3.8) is 0 Å². The molecule has 0 unspecified atom stereocenters. The number of hydrogen-bond donors (Lipinski definition) is 4. The summed E-state index contributed by atoms with van der Waals surface area (Å²) in [6, 6.07) is 8.45. The van der Waals surface area contributed by atoms with Gasteiger partial charge in [0.05, 0.1) is 31.4 Å². The first-order valence-corrected chi connectivity index (χ1v) is 9.12. The maximum atomic E-state index is 12.5. The molecule has 4 heterocycles. The number of nitrogens with one attached hydrogen (secondary N) is 1. The monoisotopic (exact) mass is 406 g/mol. The van der Waals surface area contributed by atoms with Gasteiger partial charge < -0.3 is 25.5 Å². The SMILES string of the molecule is N#Cc1ccc(CNC(=O)c2ncc3nc(N4CC(O)(CO)C4)ccc3c2O)cn1. The van der Waals surface area contributed by atoms with Crippen molar-refractivity contribution in [1.29, 1.82) is 5.26 Å². The van der Waals surface area contributed by atoms with E-state index < -0.39 is 11.5 Å². The molecular formula is C20H18N6O4. The molecule has 1 aliphatic rings. The third-order valence-corrected chi connectivity index (χ3v) is 4.90. The van der Waals surface area contributed by atoms with Crippen molar-refractivity contribution in [2.75, 3.05) is 24.6 Å². The van der Waals surface area contributed by atoms with Crippen LogP contribution in [0, 0.1) is 11.3 Å². The fourth-order valence-corrected chi connectivity index (χ4v) is 3.21. The van der Waals surface area contributed by atoms with Crippen molar-refractivity contribution >= 4 is 22.6 Å². The van der Waals surface area contributed by atoms with Crippen molar-refractivity contribution in [3.05, 3.63) is 53.6 Å². The third-order valence-electron chi connectivity index (χ3n) is 4.90. The van der Waals surface area contributed by atoms with Crippen LogP contribution < -0.4 is 10.2 Å². The minimum atomic E-state index is -1.12. The van der Waals surface area contributed by atoms with Gasteiger partial charge in [-0.1, -0.05) is 6.07 Å². The summed E-state index contributed by atoms with van der Waals surface area (Å²) in [5, 5.41) is 41.4. The Labute approximate surface area is 171 Å². The number of aliphatic hydroxyl groups is 2. The Morgan fingerprint density at radius 2 is 2.03 bits per heavy atom. The quantitative estimate of drug-likeness (QED) is 0.461. The van der Waals surface area contributed by atoms with Crippen LogP contribution >= 0.6 is 0 Å². The van der Waals surface area contributed by atoms with Gasteiger partial charge in [-0.25, -0.2) is 15.0 Å². The third kappa shape index (κ3) is 3.59. The van der Waals surface area contributed by atoms with Crippen LogP contribution in [0.4, 0.5) is 5.82 Å². The molecule has 3 aromatic heterocycles. The summed E-state index contributed by atoms with van der Waals surface area (Å²) in [4.78, 5) is 26.6. The fraction of sp³-hybridized carbons (Fsp3) is 0.250. The normalized spacial score (nSPS) is 14.8. The van der Waals surface area contributed by atoms with E-state index in [1.165, 1.54) is 12.4 Å². The van der Waals surface area contributed by atoms with Crippen LogP contribution in [0.3, 0.4) is 0 Å². The van der Waals surface area contributed by atoms with E-state index in [0.717, 1.165) is 0 Å². The number of nitriles is 1. The molecule has 0 aliphatic carbocycles. The van der Waals surface area contributed by atoms with Gasteiger partial charge >= 0.3 is 0 Å². The Balaban J connectivity index is 1.49. The van der Waals surface area contributed by atoms with Crippen molar-refractivity contribution < 1.29 is 20.1 Å². The Kier molecular flexibility index (Phi) is 4.91. The molecule has 152 valence electrons. The highest BCUT2D eigenvalue weighted by Crippen LogP contribution is 2.31. The number of pyridine rings is 3. The number of anilines is 1. The zero-order valence-electron chi connectivity index (χ0n) is 15.8. The number of rotatable bonds is 5. The summed E-state index contributed by atoms with van der Waals surface area (Å²) < 4.78 is 0. The van der Waals surface area contributed by atoms with E-state index in [2.05, 4.69) is 20.3 Å². The molecule has 0 atom stereocenters. The van der Waals surface area contributed by atoms with Crippen molar-refractivity contribution in [3.8, 4) is 11.8 Å². The van der Waals surface area contributed by atoms with E-state index in [1.807, 2.05) is 6.07 Å². The van der Waals surface area contributed by atoms with Gasteiger partial charge in [0, 0.05) is 18.1 Å². The van der Waals surface area contributed by atoms with E-state index in [-0.39, 0.29) is 43.4 Å². The summed E-state index contributed by atoms with van der Waals surface area (Å²) in [5.41, 5.74) is 0.134. The lowest BCUT2D eigenvalue weighted by Crippen LogP contribution is -2.64. The Morgan fingerprint density at radius 3 is 2.70 bits per heavy atom. The summed E-state index contributed by atoms with van der Waals surface area (Å²) in [6.45, 7) is 0.352. The molecule has 30 heavy (non-hydrogen) atoms. The minimum absolute atomic E-state index is 0.128. The van der Waals surface area contributed by atoms with Gasteiger partial charge in [-0.3, -0.25) is 4.79 Å². The molecule has 4 rings (SSSR count). The lowest BCUT2D eigenvalue weighted by Gasteiger charge is -2.46. The second-order valence-electron chi connectivity index (χ2n) is 7.14. The molecule has 1 saturated heterocycles. The molecule has 0 aromatic carbocycles. The molecular weight excluding hydrogens is 388 g/mol. The zero-order valence-corrected chi connectivity index (χ0v) is 15.8. The number of carbonyl (C=O) groups is 1. The highest BCUT2D eigenvalue weighted by atomic mass is 16.3. The summed E-state index contributed by atoms with van der Waals surface area (Å²) in [7, 11) is 0. The lowest BCUT2D eigenvalue weighted by molar-refractivity contribution is -0.0363. The van der Waals surface area contributed by atoms with Crippen molar-refractivity contribution in [1.82, 2.24) is 20.3 Å².